The summed E-state index contributed by atoms with van der Waals surface area (Å²) in [5, 5.41) is 2.52. The number of anilines is 1. The number of halogens is 1. The maximum Gasteiger partial charge on any atom is 0.249 e. The molecule has 1 unspecified atom stereocenters. The molecule has 0 radical (unpaired) electrons. The lowest BCUT2D eigenvalue weighted by atomic mass is 10.1. The van der Waals surface area contributed by atoms with E-state index in [4.69, 9.17) is 0 Å². The normalized spacial score (nSPS) is 20.4. The summed E-state index contributed by atoms with van der Waals surface area (Å²) in [6, 6.07) is 3.96. The minimum Gasteiger partial charge on any atom is -0.343 e. The third-order valence-electron chi connectivity index (χ3n) is 2.77. The van der Waals surface area contributed by atoms with E-state index in [9.17, 15) is 14.0 Å². The molecule has 1 N–H and O–H groups in total. The summed E-state index contributed by atoms with van der Waals surface area (Å²) in [6.45, 7) is 3.16. The first-order valence-corrected chi connectivity index (χ1v) is 5.36. The zero-order chi connectivity index (χ0) is 12.6. The Morgan fingerprint density at radius 2 is 2.12 bits per heavy atom. The molecule has 0 spiro atoms. The standard InChI is InChI=1S/C12H13FN2O2/c1-7-4-3-5-9(13)11(7)15-6-10(16)14-8(2)12(15)17/h3-5,8H,6H2,1-2H3,(H,14,16). The van der Waals surface area contributed by atoms with E-state index in [0.29, 0.717) is 5.56 Å². The predicted molar refractivity (Wildman–Crippen MR) is 61.1 cm³/mol. The molecule has 1 aliphatic rings. The average molecular weight is 236 g/mol. The van der Waals surface area contributed by atoms with Gasteiger partial charge in [-0.25, -0.2) is 4.39 Å². The number of carbonyl (C=O) groups is 2. The number of aryl methyl sites for hydroxylation is 1. The highest BCUT2D eigenvalue weighted by molar-refractivity contribution is 6.06. The second-order valence-electron chi connectivity index (χ2n) is 4.12. The van der Waals surface area contributed by atoms with Crippen molar-refractivity contribution < 1.29 is 14.0 Å². The molecule has 1 atom stereocenters. The van der Waals surface area contributed by atoms with Gasteiger partial charge in [0.25, 0.3) is 0 Å². The van der Waals surface area contributed by atoms with Crippen LogP contribution >= 0.6 is 0 Å². The lowest BCUT2D eigenvalue weighted by Gasteiger charge is -2.31. The van der Waals surface area contributed by atoms with Crippen LogP contribution in [-0.2, 0) is 9.59 Å². The van der Waals surface area contributed by atoms with E-state index in [0.717, 1.165) is 0 Å². The zero-order valence-electron chi connectivity index (χ0n) is 9.66. The Bertz CT molecular complexity index is 467. The van der Waals surface area contributed by atoms with Gasteiger partial charge in [-0.3, -0.25) is 14.5 Å². The molecule has 0 saturated carbocycles. The van der Waals surface area contributed by atoms with Crippen molar-refractivity contribution in [3.63, 3.8) is 0 Å². The molecule has 1 aromatic rings. The van der Waals surface area contributed by atoms with Crippen molar-refractivity contribution in [3.05, 3.63) is 29.6 Å². The van der Waals surface area contributed by atoms with Crippen molar-refractivity contribution in [1.29, 1.82) is 0 Å². The van der Waals surface area contributed by atoms with Gasteiger partial charge in [-0.05, 0) is 25.5 Å². The van der Waals surface area contributed by atoms with Crippen LogP contribution in [-0.4, -0.2) is 24.4 Å². The number of carbonyl (C=O) groups excluding carboxylic acids is 2. The van der Waals surface area contributed by atoms with E-state index in [1.54, 1.807) is 26.0 Å². The van der Waals surface area contributed by atoms with Crippen LogP contribution in [0.25, 0.3) is 0 Å². The summed E-state index contributed by atoms with van der Waals surface area (Å²) in [7, 11) is 0. The summed E-state index contributed by atoms with van der Waals surface area (Å²) < 4.78 is 13.7. The Labute approximate surface area is 98.4 Å². The summed E-state index contributed by atoms with van der Waals surface area (Å²) in [5.41, 5.74) is 0.833. The second kappa shape index (κ2) is 4.16. The first-order valence-electron chi connectivity index (χ1n) is 5.36. The molecule has 1 aromatic carbocycles. The van der Waals surface area contributed by atoms with Crippen molar-refractivity contribution in [3.8, 4) is 0 Å². The molecular formula is C12H13FN2O2. The molecule has 1 aliphatic heterocycles. The van der Waals surface area contributed by atoms with Crippen molar-refractivity contribution in [2.75, 3.05) is 11.4 Å². The van der Waals surface area contributed by atoms with Crippen molar-refractivity contribution in [2.24, 2.45) is 0 Å². The molecule has 1 fully saturated rings. The Kier molecular flexibility index (Phi) is 2.83. The van der Waals surface area contributed by atoms with Crippen LogP contribution in [0.4, 0.5) is 10.1 Å². The third kappa shape index (κ3) is 2.00. The monoisotopic (exact) mass is 236 g/mol. The second-order valence-corrected chi connectivity index (χ2v) is 4.12. The summed E-state index contributed by atoms with van der Waals surface area (Å²) in [4.78, 5) is 24.5. The topological polar surface area (TPSA) is 49.4 Å². The maximum atomic E-state index is 13.7. The molecule has 4 nitrogen and oxygen atoms in total. The van der Waals surface area contributed by atoms with Crippen LogP contribution in [0, 0.1) is 12.7 Å². The van der Waals surface area contributed by atoms with Gasteiger partial charge in [-0.2, -0.15) is 0 Å². The van der Waals surface area contributed by atoms with Crippen LogP contribution in [0.3, 0.4) is 0 Å². The van der Waals surface area contributed by atoms with Gasteiger partial charge in [0.1, 0.15) is 18.4 Å². The first kappa shape index (κ1) is 11.6. The van der Waals surface area contributed by atoms with Gasteiger partial charge in [0.15, 0.2) is 0 Å². The number of nitrogens with zero attached hydrogens (tertiary/aromatic N) is 1. The van der Waals surface area contributed by atoms with E-state index in [2.05, 4.69) is 5.32 Å². The molecule has 0 aliphatic carbocycles. The van der Waals surface area contributed by atoms with Crippen LogP contribution in [0.2, 0.25) is 0 Å². The van der Waals surface area contributed by atoms with Crippen molar-refractivity contribution >= 4 is 17.5 Å². The van der Waals surface area contributed by atoms with E-state index < -0.39 is 11.9 Å². The van der Waals surface area contributed by atoms with Crippen LogP contribution in [0.15, 0.2) is 18.2 Å². The number of nitrogens with one attached hydrogen (secondary N) is 1. The lowest BCUT2D eigenvalue weighted by molar-refractivity contribution is -0.130. The van der Waals surface area contributed by atoms with Gasteiger partial charge in [-0.1, -0.05) is 12.1 Å². The molecular weight excluding hydrogens is 223 g/mol. The number of hydrogen-bond donors (Lipinski definition) is 1. The average Bonchev–Trinajstić information content (AvgIpc) is 2.24. The highest BCUT2D eigenvalue weighted by Crippen LogP contribution is 2.25. The Balaban J connectivity index is 2.45. The van der Waals surface area contributed by atoms with Gasteiger partial charge in [-0.15, -0.1) is 0 Å². The summed E-state index contributed by atoms with van der Waals surface area (Å²) >= 11 is 0. The molecule has 17 heavy (non-hydrogen) atoms. The maximum absolute atomic E-state index is 13.7. The largest absolute Gasteiger partial charge is 0.343 e. The smallest absolute Gasteiger partial charge is 0.249 e. The number of benzene rings is 1. The Morgan fingerprint density at radius 1 is 1.41 bits per heavy atom. The predicted octanol–water partition coefficient (Wildman–Crippen LogP) is 0.985. The lowest BCUT2D eigenvalue weighted by Crippen LogP contribution is -2.57. The minimum absolute atomic E-state index is 0.134. The highest BCUT2D eigenvalue weighted by atomic mass is 19.1. The number of rotatable bonds is 1. The van der Waals surface area contributed by atoms with Crippen molar-refractivity contribution in [2.45, 2.75) is 19.9 Å². The van der Waals surface area contributed by atoms with E-state index in [1.807, 2.05) is 0 Å². The third-order valence-corrected chi connectivity index (χ3v) is 2.77. The number of hydrogen-bond acceptors (Lipinski definition) is 2. The first-order chi connectivity index (χ1) is 8.00. The molecule has 90 valence electrons. The zero-order valence-corrected chi connectivity index (χ0v) is 9.66. The van der Waals surface area contributed by atoms with Crippen LogP contribution < -0.4 is 10.2 Å². The molecule has 2 amide bonds. The fraction of sp³-hybridized carbons (Fsp3) is 0.333. The molecule has 1 saturated heterocycles. The SMILES string of the molecule is Cc1cccc(F)c1N1CC(=O)NC(C)C1=O. The van der Waals surface area contributed by atoms with Gasteiger partial charge in [0, 0.05) is 0 Å². The van der Waals surface area contributed by atoms with E-state index >= 15 is 0 Å². The Morgan fingerprint density at radius 3 is 2.76 bits per heavy atom. The molecule has 1 heterocycles. The fourth-order valence-electron chi connectivity index (χ4n) is 1.96. The fourth-order valence-corrected chi connectivity index (χ4v) is 1.96. The van der Waals surface area contributed by atoms with Gasteiger partial charge >= 0.3 is 0 Å². The van der Waals surface area contributed by atoms with Gasteiger partial charge in [0.2, 0.25) is 11.8 Å². The Hall–Kier alpha value is -1.91. The van der Waals surface area contributed by atoms with Crippen LogP contribution in [0.1, 0.15) is 12.5 Å². The van der Waals surface area contributed by atoms with Gasteiger partial charge < -0.3 is 5.32 Å². The quantitative estimate of drug-likeness (QED) is 0.790. The number of piperazine rings is 1. The highest BCUT2D eigenvalue weighted by Gasteiger charge is 2.32. The number of para-hydroxylation sites is 1. The molecule has 0 bridgehead atoms. The van der Waals surface area contributed by atoms with E-state index in [1.165, 1.54) is 11.0 Å². The summed E-state index contributed by atoms with van der Waals surface area (Å²) in [6.07, 6.45) is 0. The molecule has 5 heteroatoms. The molecule has 0 aromatic heterocycles. The summed E-state index contributed by atoms with van der Waals surface area (Å²) in [5.74, 6) is -1.06. The molecule has 2 rings (SSSR count). The van der Waals surface area contributed by atoms with Gasteiger partial charge in [0.05, 0.1) is 5.69 Å². The number of amides is 2. The van der Waals surface area contributed by atoms with Crippen molar-refractivity contribution in [1.82, 2.24) is 5.32 Å². The minimum atomic E-state index is -0.616. The van der Waals surface area contributed by atoms with E-state index in [-0.39, 0.29) is 24.0 Å². The van der Waals surface area contributed by atoms with Crippen LogP contribution in [0.5, 0.6) is 0 Å².